The second-order valence-electron chi connectivity index (χ2n) is 18.2. The summed E-state index contributed by atoms with van der Waals surface area (Å²) in [6.07, 6.45) is 5.71. The minimum Gasteiger partial charge on any atom is -0.497 e. The first-order valence-corrected chi connectivity index (χ1v) is 22.4. The minimum atomic E-state index is -4.02. The molecule has 60 heavy (non-hydrogen) atoms. The molecule has 0 unspecified atom stereocenters. The number of rotatable bonds is 12. The number of allylic oxidation sites excluding steroid dienone is 2. The Bertz CT molecular complexity index is 2130. The van der Waals surface area contributed by atoms with Crippen LogP contribution in [0.1, 0.15) is 106 Å². The van der Waals surface area contributed by atoms with Gasteiger partial charge >= 0.3 is 5.97 Å². The predicted octanol–water partition coefficient (Wildman–Crippen LogP) is 6.95. The highest BCUT2D eigenvalue weighted by Crippen LogP contribution is 2.58. The fourth-order valence-corrected chi connectivity index (χ4v) is 9.93. The molecule has 2 aliphatic heterocycles. The van der Waals surface area contributed by atoms with Crippen LogP contribution in [0.2, 0.25) is 0 Å². The first-order chi connectivity index (χ1) is 28.1. The number of nitrogens with zero attached hydrogens (tertiary/aromatic N) is 2. The van der Waals surface area contributed by atoms with Crippen molar-refractivity contribution in [1.82, 2.24) is 14.6 Å². The molecular weight excluding hydrogens is 801 g/mol. The van der Waals surface area contributed by atoms with Gasteiger partial charge in [-0.15, -0.1) is 0 Å². The number of amides is 2. The molecule has 1 saturated heterocycles. The maximum Gasteiger partial charge on any atom is 0.307 e. The van der Waals surface area contributed by atoms with Crippen molar-refractivity contribution in [3.05, 3.63) is 36.4 Å². The number of aromatic nitrogens is 1. The van der Waals surface area contributed by atoms with Gasteiger partial charge in [-0.25, -0.2) is 22.2 Å². The SMILES string of the molecule is CC[C@@H]1C[C@H](C)CC/C=C\[C@@H]2C[C@@]2(C(=O)NS(=O)(=O)C2(C)CC2)CC(=O)[C@@H]2C[C@@H](Oc3cc(OC)nc4cc(OC)ccc34)CN2C(=O)[C@H]1CC(=O)OC(C)(C)C(C)(F)F. The van der Waals surface area contributed by atoms with Crippen LogP contribution in [-0.2, 0) is 33.9 Å². The van der Waals surface area contributed by atoms with Gasteiger partial charge in [-0.05, 0) is 89.2 Å². The highest BCUT2D eigenvalue weighted by Gasteiger charge is 2.63. The topological polar surface area (TPSA) is 168 Å². The van der Waals surface area contributed by atoms with Gasteiger partial charge in [-0.3, -0.25) is 23.9 Å². The summed E-state index contributed by atoms with van der Waals surface area (Å²) in [5.41, 5.74) is -3.00. The number of esters is 1. The van der Waals surface area contributed by atoms with Crippen molar-refractivity contribution in [3.63, 3.8) is 0 Å². The summed E-state index contributed by atoms with van der Waals surface area (Å²) in [5, 5.41) is 0.614. The van der Waals surface area contributed by atoms with Crippen molar-refractivity contribution in [3.8, 4) is 17.4 Å². The van der Waals surface area contributed by atoms with Crippen LogP contribution in [0.3, 0.4) is 0 Å². The van der Waals surface area contributed by atoms with Gasteiger partial charge in [0, 0.05) is 37.3 Å². The number of halogens is 2. The molecule has 6 rings (SSSR count). The molecule has 4 aliphatic rings. The smallest absolute Gasteiger partial charge is 0.307 e. The molecule has 2 saturated carbocycles. The molecule has 330 valence electrons. The maximum atomic E-state index is 15.1. The number of benzene rings is 1. The van der Waals surface area contributed by atoms with E-state index in [0.717, 1.165) is 13.8 Å². The minimum absolute atomic E-state index is 0.0148. The zero-order chi connectivity index (χ0) is 44.0. The number of carbonyl (C=O) groups is 4. The Labute approximate surface area is 351 Å². The number of alkyl halides is 2. The third kappa shape index (κ3) is 9.28. The average molecular weight is 860 g/mol. The molecule has 0 radical (unpaired) electrons. The van der Waals surface area contributed by atoms with Crippen LogP contribution >= 0.6 is 0 Å². The second-order valence-corrected chi connectivity index (χ2v) is 20.4. The standard InChI is InChI=1S/C44H59F2N3O10S/c1-9-27-18-26(2)12-10-11-13-28-23-44(28,40(53)48-60(54,55)42(5)16-17-42)24-35(50)34-20-30(58-36-22-37(57-8)47-33-19-29(56-7)14-15-31(33)36)25-49(34)39(52)32(27)21-38(51)59-41(3,4)43(6,45)46/h11,13-15,19,22,26-28,30,32,34H,9-10,12,16-18,20-21,23-25H2,1-8H3,(H,48,53)/b13-11-/t26-,27-,28-,30-,32+,34+,44-/m1/s1. The fourth-order valence-electron chi connectivity index (χ4n) is 8.60. The zero-order valence-electron chi connectivity index (χ0n) is 35.8. The van der Waals surface area contributed by atoms with Crippen molar-refractivity contribution in [2.45, 2.75) is 134 Å². The number of nitrogens with one attached hydrogen (secondary N) is 1. The highest BCUT2D eigenvalue weighted by atomic mass is 32.2. The van der Waals surface area contributed by atoms with E-state index in [4.69, 9.17) is 18.9 Å². The summed E-state index contributed by atoms with van der Waals surface area (Å²) in [5.74, 6) is -6.63. The lowest BCUT2D eigenvalue weighted by Crippen LogP contribution is -2.49. The summed E-state index contributed by atoms with van der Waals surface area (Å²) in [6, 6.07) is 5.72. The lowest BCUT2D eigenvalue weighted by atomic mass is 9.79. The van der Waals surface area contributed by atoms with Gasteiger partial charge in [0.1, 0.15) is 17.6 Å². The number of hydrogen-bond donors (Lipinski definition) is 1. The van der Waals surface area contributed by atoms with Gasteiger partial charge in [-0.2, -0.15) is 0 Å². The van der Waals surface area contributed by atoms with Crippen molar-refractivity contribution in [1.29, 1.82) is 0 Å². The van der Waals surface area contributed by atoms with E-state index in [1.54, 1.807) is 31.2 Å². The van der Waals surface area contributed by atoms with E-state index in [9.17, 15) is 31.6 Å². The molecule has 2 aliphatic carbocycles. The lowest BCUT2D eigenvalue weighted by Gasteiger charge is -2.35. The quantitative estimate of drug-likeness (QED) is 0.173. The van der Waals surface area contributed by atoms with Crippen molar-refractivity contribution < 1.29 is 55.3 Å². The van der Waals surface area contributed by atoms with Gasteiger partial charge in [0.25, 0.3) is 5.92 Å². The first-order valence-electron chi connectivity index (χ1n) is 20.9. The number of hydrogen-bond acceptors (Lipinski definition) is 11. The number of ketones is 1. The largest absolute Gasteiger partial charge is 0.497 e. The summed E-state index contributed by atoms with van der Waals surface area (Å²) < 4.78 is 79.7. The molecule has 3 fully saturated rings. The number of carbonyl (C=O) groups excluding carboxylic acids is 4. The van der Waals surface area contributed by atoms with Crippen LogP contribution in [0.15, 0.2) is 36.4 Å². The van der Waals surface area contributed by atoms with E-state index < -0.39 is 85.7 Å². The zero-order valence-corrected chi connectivity index (χ0v) is 36.7. The van der Waals surface area contributed by atoms with E-state index in [1.807, 2.05) is 26.0 Å². The third-order valence-electron chi connectivity index (χ3n) is 13.4. The Morgan fingerprint density at radius 2 is 1.78 bits per heavy atom. The Kier molecular flexibility index (Phi) is 12.7. The van der Waals surface area contributed by atoms with Crippen molar-refractivity contribution in [2.75, 3.05) is 20.8 Å². The molecule has 7 atom stereocenters. The van der Waals surface area contributed by atoms with Crippen LogP contribution in [0.5, 0.6) is 17.4 Å². The Morgan fingerprint density at radius 1 is 1.07 bits per heavy atom. The third-order valence-corrected chi connectivity index (χ3v) is 15.6. The van der Waals surface area contributed by atoms with E-state index in [2.05, 4.69) is 9.71 Å². The van der Waals surface area contributed by atoms with Gasteiger partial charge in [0.2, 0.25) is 27.7 Å². The first kappa shape index (κ1) is 45.2. The monoisotopic (exact) mass is 859 g/mol. The Hall–Kier alpha value is -4.34. The Balaban J connectivity index is 1.39. The molecule has 16 heteroatoms. The summed E-state index contributed by atoms with van der Waals surface area (Å²) in [6.45, 7) is 8.35. The van der Waals surface area contributed by atoms with Crippen LogP contribution < -0.4 is 18.9 Å². The molecule has 3 heterocycles. The van der Waals surface area contributed by atoms with Gasteiger partial charge in [0.05, 0.1) is 54.8 Å². The average Bonchev–Trinajstić information content (AvgIpc) is 4.06. The van der Waals surface area contributed by atoms with Crippen LogP contribution in [-0.4, -0.2) is 91.0 Å². The number of fused-ring (bicyclic) bond motifs is 3. The molecule has 1 N–H and O–H groups in total. The van der Waals surface area contributed by atoms with Crippen molar-refractivity contribution in [2.24, 2.45) is 29.1 Å². The number of sulfonamides is 1. The van der Waals surface area contributed by atoms with E-state index in [1.165, 1.54) is 19.1 Å². The highest BCUT2D eigenvalue weighted by molar-refractivity contribution is 7.91. The molecular formula is C44H59F2N3O10S. The summed E-state index contributed by atoms with van der Waals surface area (Å²) in [4.78, 5) is 63.5. The van der Waals surface area contributed by atoms with Crippen LogP contribution in [0.4, 0.5) is 8.78 Å². The molecule has 13 nitrogen and oxygen atoms in total. The predicted molar refractivity (Wildman–Crippen MR) is 219 cm³/mol. The number of Topliss-reactive ketones (excluding diaryl/α,β-unsaturated/α-hetero) is 1. The number of ether oxygens (including phenoxy) is 4. The molecule has 0 spiro atoms. The van der Waals surface area contributed by atoms with E-state index in [-0.39, 0.29) is 43.5 Å². The normalized spacial score (nSPS) is 29.0. The van der Waals surface area contributed by atoms with Gasteiger partial charge in [0.15, 0.2) is 11.4 Å². The Morgan fingerprint density at radius 3 is 2.42 bits per heavy atom. The summed E-state index contributed by atoms with van der Waals surface area (Å²) in [7, 11) is -1.03. The van der Waals surface area contributed by atoms with E-state index >= 15 is 4.79 Å². The van der Waals surface area contributed by atoms with E-state index in [0.29, 0.717) is 67.9 Å². The molecule has 2 aromatic rings. The van der Waals surface area contributed by atoms with Crippen LogP contribution in [0, 0.1) is 29.1 Å². The fraction of sp³-hybridized carbons (Fsp3) is 0.659. The van der Waals surface area contributed by atoms with Crippen molar-refractivity contribution >= 4 is 44.5 Å². The lowest BCUT2D eigenvalue weighted by molar-refractivity contribution is -0.197. The maximum absolute atomic E-state index is 15.1. The summed E-state index contributed by atoms with van der Waals surface area (Å²) >= 11 is 0. The van der Waals surface area contributed by atoms with Crippen LogP contribution in [0.25, 0.3) is 10.9 Å². The number of methoxy groups -OCH3 is 2. The molecule has 1 aromatic carbocycles. The number of pyridine rings is 1. The van der Waals surface area contributed by atoms with Gasteiger partial charge < -0.3 is 23.8 Å². The molecule has 0 bridgehead atoms. The second kappa shape index (κ2) is 16.8. The van der Waals surface area contributed by atoms with Gasteiger partial charge in [-0.1, -0.05) is 32.4 Å². The molecule has 2 amide bonds. The molecule has 1 aromatic heterocycles.